The van der Waals surface area contributed by atoms with Crippen LogP contribution in [0.25, 0.3) is 11.2 Å². The van der Waals surface area contributed by atoms with Crippen molar-refractivity contribution in [3.8, 4) is 5.75 Å². The Morgan fingerprint density at radius 3 is 2.95 bits per heavy atom. The first-order valence-electron chi connectivity index (χ1n) is 7.01. The maximum atomic E-state index is 12.5. The van der Waals surface area contributed by atoms with E-state index in [9.17, 15) is 9.59 Å². The van der Waals surface area contributed by atoms with Crippen LogP contribution in [0, 0.1) is 17.8 Å². The Labute approximate surface area is 114 Å². The Bertz CT molecular complexity index is 782. The van der Waals surface area contributed by atoms with E-state index < -0.39 is 0 Å². The van der Waals surface area contributed by atoms with Crippen molar-refractivity contribution in [2.45, 2.75) is 19.3 Å². The van der Waals surface area contributed by atoms with Crippen LogP contribution in [-0.4, -0.2) is 11.8 Å². The average Bonchev–Trinajstić information content (AvgIpc) is 3.19. The molecular formula is C16H12O4. The number of esters is 1. The third-order valence-corrected chi connectivity index (χ3v) is 4.97. The molecule has 2 aliphatic carbocycles. The van der Waals surface area contributed by atoms with Gasteiger partial charge in [-0.05, 0) is 30.7 Å². The fourth-order valence-corrected chi connectivity index (χ4v) is 3.99. The molecule has 0 N–H and O–H groups in total. The van der Waals surface area contributed by atoms with Gasteiger partial charge in [0, 0.05) is 17.9 Å². The Hall–Kier alpha value is -2.10. The van der Waals surface area contributed by atoms with Gasteiger partial charge in [-0.3, -0.25) is 4.79 Å². The zero-order valence-electron chi connectivity index (χ0n) is 10.7. The molecule has 1 aliphatic heterocycles. The third-order valence-electron chi connectivity index (χ3n) is 4.97. The van der Waals surface area contributed by atoms with E-state index in [-0.39, 0.29) is 17.7 Å². The summed E-state index contributed by atoms with van der Waals surface area (Å²) in [7, 11) is 0. The second-order valence-corrected chi connectivity index (χ2v) is 6.08. The van der Waals surface area contributed by atoms with E-state index >= 15 is 0 Å². The van der Waals surface area contributed by atoms with Crippen molar-refractivity contribution in [3.63, 3.8) is 0 Å². The summed E-state index contributed by atoms with van der Waals surface area (Å²) in [5.74, 6) is 1.48. The molecule has 0 aromatic carbocycles. The van der Waals surface area contributed by atoms with E-state index in [1.54, 1.807) is 6.07 Å². The van der Waals surface area contributed by atoms with Gasteiger partial charge in [0.05, 0.1) is 0 Å². The van der Waals surface area contributed by atoms with E-state index in [2.05, 4.69) is 12.2 Å². The fraction of sp³-hybridized carbons (Fsp3) is 0.375. The van der Waals surface area contributed by atoms with Gasteiger partial charge in [-0.2, -0.15) is 0 Å². The number of furan rings is 2. The van der Waals surface area contributed by atoms with Gasteiger partial charge < -0.3 is 9.15 Å². The molecule has 2 aromatic rings. The highest BCUT2D eigenvalue weighted by Gasteiger charge is 2.41. The van der Waals surface area contributed by atoms with Crippen LogP contribution in [0.15, 0.2) is 22.6 Å². The maximum Gasteiger partial charge on any atom is 0.347 e. The number of hydrogen-bond acceptors (Lipinski definition) is 4. The van der Waals surface area contributed by atoms with Crippen molar-refractivity contribution >= 4 is 22.9 Å². The zero-order chi connectivity index (χ0) is 13.4. The Morgan fingerprint density at radius 1 is 1.30 bits per heavy atom. The molecule has 1 saturated carbocycles. The highest BCUT2D eigenvalue weighted by atomic mass is 16.6. The van der Waals surface area contributed by atoms with Crippen LogP contribution in [0.4, 0.5) is 0 Å². The number of fused-ring (bicyclic) bond motifs is 3. The number of allylic oxidation sites excluding steroid dienone is 2. The number of ether oxygens (including phenoxy) is 1. The van der Waals surface area contributed by atoms with Gasteiger partial charge in [0.25, 0.3) is 0 Å². The van der Waals surface area contributed by atoms with Crippen molar-refractivity contribution in [3.05, 3.63) is 29.3 Å². The minimum atomic E-state index is -0.365. The lowest BCUT2D eigenvalue weighted by molar-refractivity contribution is -0.122. The molecule has 3 aliphatic rings. The smallest absolute Gasteiger partial charge is 0.347 e. The van der Waals surface area contributed by atoms with Gasteiger partial charge >= 0.3 is 5.97 Å². The molecule has 4 nitrogen and oxygen atoms in total. The van der Waals surface area contributed by atoms with E-state index in [0.717, 1.165) is 18.4 Å². The highest BCUT2D eigenvalue weighted by molar-refractivity contribution is 6.09. The van der Waals surface area contributed by atoms with Crippen LogP contribution in [0.3, 0.4) is 0 Å². The number of carbonyl (C=O) groups is 2. The predicted molar refractivity (Wildman–Crippen MR) is 69.9 cm³/mol. The third kappa shape index (κ3) is 1.17. The van der Waals surface area contributed by atoms with Gasteiger partial charge in [-0.25, -0.2) is 4.79 Å². The van der Waals surface area contributed by atoms with Gasteiger partial charge in [0.15, 0.2) is 11.3 Å². The number of hydrogen-bond donors (Lipinski definition) is 0. The normalized spacial score (nSPS) is 29.8. The standard InChI is InChI=1S/C16H12O4/c17-12(9-4-7-1-2-8(9)3-7)5-10-13-6-11-15(19-13)14(10)20-16(11)18/h1-2,6-9H,3-5H2. The van der Waals surface area contributed by atoms with Crippen LogP contribution < -0.4 is 4.74 Å². The summed E-state index contributed by atoms with van der Waals surface area (Å²) in [6.45, 7) is 0. The number of benzene rings is 1. The summed E-state index contributed by atoms with van der Waals surface area (Å²) in [6.07, 6.45) is 6.81. The molecule has 0 spiro atoms. The summed E-state index contributed by atoms with van der Waals surface area (Å²) in [4.78, 5) is 24.1. The first kappa shape index (κ1) is 10.7. The Morgan fingerprint density at radius 2 is 2.20 bits per heavy atom. The van der Waals surface area contributed by atoms with Crippen molar-refractivity contribution < 1.29 is 18.7 Å². The Kier molecular flexibility index (Phi) is 1.77. The monoisotopic (exact) mass is 268 g/mol. The topological polar surface area (TPSA) is 56.5 Å². The summed E-state index contributed by atoms with van der Waals surface area (Å²) < 4.78 is 10.7. The SMILES string of the molecule is O=C1Oc2c(CC(=O)C3CC4C=CC3C4)c3cc1c2o3. The molecular weight excluding hydrogens is 256 g/mol. The van der Waals surface area contributed by atoms with Crippen molar-refractivity contribution in [1.29, 1.82) is 0 Å². The van der Waals surface area contributed by atoms with Crippen molar-refractivity contribution in [1.82, 2.24) is 0 Å². The molecule has 4 bridgehead atoms. The lowest BCUT2D eigenvalue weighted by Gasteiger charge is -2.16. The molecule has 0 saturated heterocycles. The van der Waals surface area contributed by atoms with E-state index in [1.807, 2.05) is 0 Å². The van der Waals surface area contributed by atoms with Crippen LogP contribution in [0.2, 0.25) is 0 Å². The quantitative estimate of drug-likeness (QED) is 0.634. The van der Waals surface area contributed by atoms with Crippen molar-refractivity contribution in [2.75, 3.05) is 0 Å². The molecule has 1 fully saturated rings. The molecule has 3 heterocycles. The van der Waals surface area contributed by atoms with E-state index in [4.69, 9.17) is 9.15 Å². The largest absolute Gasteiger partial charge is 0.452 e. The van der Waals surface area contributed by atoms with Crippen LogP contribution in [-0.2, 0) is 11.2 Å². The highest BCUT2D eigenvalue weighted by Crippen LogP contribution is 2.47. The molecule has 20 heavy (non-hydrogen) atoms. The van der Waals surface area contributed by atoms with Crippen LogP contribution in [0.1, 0.15) is 28.8 Å². The number of rotatable bonds is 3. The van der Waals surface area contributed by atoms with Gasteiger partial charge in [0.1, 0.15) is 16.9 Å². The van der Waals surface area contributed by atoms with Crippen LogP contribution >= 0.6 is 0 Å². The van der Waals surface area contributed by atoms with Crippen LogP contribution in [0.5, 0.6) is 5.75 Å². The number of ketones is 1. The van der Waals surface area contributed by atoms with Crippen molar-refractivity contribution in [2.24, 2.45) is 17.8 Å². The first-order valence-corrected chi connectivity index (χ1v) is 7.01. The summed E-state index contributed by atoms with van der Waals surface area (Å²) in [5, 5.41) is 0. The summed E-state index contributed by atoms with van der Waals surface area (Å²) in [5.41, 5.74) is 2.39. The molecule has 100 valence electrons. The average molecular weight is 268 g/mol. The minimum Gasteiger partial charge on any atom is -0.452 e. The molecule has 4 heteroatoms. The van der Waals surface area contributed by atoms with E-state index in [1.165, 1.54) is 0 Å². The minimum absolute atomic E-state index is 0.128. The number of Topliss-reactive ketones (excluding diaryl/α,β-unsaturated/α-hetero) is 1. The molecule has 3 atom stereocenters. The molecule has 5 rings (SSSR count). The molecule has 0 radical (unpaired) electrons. The molecule has 0 amide bonds. The predicted octanol–water partition coefficient (Wildman–Crippen LogP) is 2.73. The molecule has 3 unspecified atom stereocenters. The second-order valence-electron chi connectivity index (χ2n) is 6.08. The van der Waals surface area contributed by atoms with Gasteiger partial charge in [-0.15, -0.1) is 0 Å². The molecule has 2 aromatic heterocycles. The fourth-order valence-electron chi connectivity index (χ4n) is 3.99. The second kappa shape index (κ2) is 3.32. The maximum absolute atomic E-state index is 12.5. The van der Waals surface area contributed by atoms with Gasteiger partial charge in [-0.1, -0.05) is 12.2 Å². The van der Waals surface area contributed by atoms with E-state index in [0.29, 0.717) is 40.7 Å². The number of carbonyl (C=O) groups excluding carboxylic acids is 2. The lowest BCUT2D eigenvalue weighted by atomic mass is 9.87. The lowest BCUT2D eigenvalue weighted by Crippen LogP contribution is -2.20. The summed E-state index contributed by atoms with van der Waals surface area (Å²) in [6, 6.07) is 1.69. The van der Waals surface area contributed by atoms with Gasteiger partial charge in [0.2, 0.25) is 0 Å². The zero-order valence-corrected chi connectivity index (χ0v) is 10.7. The Balaban J connectivity index is 1.46. The summed E-state index contributed by atoms with van der Waals surface area (Å²) >= 11 is 0. The first-order chi connectivity index (χ1) is 9.70.